The Morgan fingerprint density at radius 1 is 1.33 bits per heavy atom. The number of hydrogen-bond acceptors (Lipinski definition) is 5. The third-order valence-electron chi connectivity index (χ3n) is 2.55. The minimum absolute atomic E-state index is 0.0342. The second-order valence-electron chi connectivity index (χ2n) is 3.96. The van der Waals surface area contributed by atoms with Crippen molar-refractivity contribution in [2.24, 2.45) is 0 Å². The zero-order valence-electron chi connectivity index (χ0n) is 10.7. The maximum absolute atomic E-state index is 11.7. The quantitative estimate of drug-likeness (QED) is 0.904. The van der Waals surface area contributed by atoms with Crippen molar-refractivity contribution in [2.75, 3.05) is 5.32 Å². The van der Waals surface area contributed by atoms with E-state index in [-0.39, 0.29) is 22.7 Å². The number of anilines is 1. The molecule has 0 saturated carbocycles. The molecule has 2 aromatic rings. The molecule has 7 heteroatoms. The number of hydrogen-bond donors (Lipinski definition) is 2. The molecule has 0 aliphatic heterocycles. The average molecular weight is 302 g/mol. The van der Waals surface area contributed by atoms with Crippen molar-refractivity contribution in [2.45, 2.75) is 6.61 Å². The summed E-state index contributed by atoms with van der Waals surface area (Å²) in [5, 5.41) is 21.6. The molecule has 2 rings (SSSR count). The first-order valence-corrected chi connectivity index (χ1v) is 6.72. The molecule has 0 aliphatic carbocycles. The molecular formula is C14H10N2O4S. The van der Waals surface area contributed by atoms with E-state index < -0.39 is 12.1 Å². The number of nitrogens with one attached hydrogen (secondary N) is 1. The summed E-state index contributed by atoms with van der Waals surface area (Å²) < 4.78 is 4.99. The topological polar surface area (TPSA) is 99.4 Å². The van der Waals surface area contributed by atoms with Crippen LogP contribution in [-0.4, -0.2) is 17.2 Å². The molecule has 1 aromatic carbocycles. The average Bonchev–Trinajstić information content (AvgIpc) is 2.89. The van der Waals surface area contributed by atoms with Crippen LogP contribution in [0, 0.1) is 11.3 Å². The Balaban J connectivity index is 2.05. The van der Waals surface area contributed by atoms with Crippen LogP contribution < -0.4 is 5.32 Å². The molecule has 6 nitrogen and oxygen atoms in total. The van der Waals surface area contributed by atoms with E-state index in [1.807, 2.05) is 24.3 Å². The highest BCUT2D eigenvalue weighted by Crippen LogP contribution is 2.27. The van der Waals surface area contributed by atoms with Gasteiger partial charge in [-0.25, -0.2) is 9.59 Å². The Morgan fingerprint density at radius 2 is 2.05 bits per heavy atom. The van der Waals surface area contributed by atoms with Crippen molar-refractivity contribution in [1.29, 1.82) is 5.26 Å². The molecule has 0 spiro atoms. The van der Waals surface area contributed by atoms with Crippen LogP contribution in [0.3, 0.4) is 0 Å². The highest BCUT2D eigenvalue weighted by Gasteiger charge is 2.19. The first kappa shape index (κ1) is 14.6. The van der Waals surface area contributed by atoms with E-state index in [0.717, 1.165) is 16.9 Å². The Morgan fingerprint density at radius 3 is 2.67 bits per heavy atom. The second kappa shape index (κ2) is 6.54. The number of carboxylic acids is 1. The highest BCUT2D eigenvalue weighted by molar-refractivity contribution is 7.12. The standard InChI is InChI=1S/C14H10N2O4S/c15-6-10-8-21-12(13(17)18)11(10)16-14(19)20-7-9-4-2-1-3-5-9/h1-5,8H,7H2,(H,16,19)(H,17,18). The van der Waals surface area contributed by atoms with Gasteiger partial charge in [0.25, 0.3) is 0 Å². The summed E-state index contributed by atoms with van der Waals surface area (Å²) in [5.41, 5.74) is 0.860. The molecule has 106 valence electrons. The van der Waals surface area contributed by atoms with Crippen LogP contribution in [0.15, 0.2) is 35.7 Å². The van der Waals surface area contributed by atoms with Crippen LogP contribution in [0.1, 0.15) is 20.8 Å². The molecule has 0 atom stereocenters. The van der Waals surface area contributed by atoms with Gasteiger partial charge in [-0.3, -0.25) is 5.32 Å². The van der Waals surface area contributed by atoms with Crippen molar-refractivity contribution >= 4 is 29.1 Å². The minimum atomic E-state index is -1.21. The Hall–Kier alpha value is -2.85. The zero-order valence-corrected chi connectivity index (χ0v) is 11.5. The van der Waals surface area contributed by atoms with E-state index in [4.69, 9.17) is 15.1 Å². The molecule has 1 aromatic heterocycles. The van der Waals surface area contributed by atoms with Gasteiger partial charge >= 0.3 is 12.1 Å². The van der Waals surface area contributed by atoms with Gasteiger partial charge in [0.1, 0.15) is 17.6 Å². The van der Waals surface area contributed by atoms with Crippen molar-refractivity contribution in [1.82, 2.24) is 0 Å². The molecule has 0 unspecified atom stereocenters. The molecule has 1 heterocycles. The first-order chi connectivity index (χ1) is 10.1. The van der Waals surface area contributed by atoms with Crippen molar-refractivity contribution in [3.8, 4) is 6.07 Å². The molecule has 0 aliphatic rings. The number of aromatic carboxylic acids is 1. The Kier molecular flexibility index (Phi) is 4.53. The second-order valence-corrected chi connectivity index (χ2v) is 4.84. The summed E-state index contributed by atoms with van der Waals surface area (Å²) in [7, 11) is 0. The summed E-state index contributed by atoms with van der Waals surface area (Å²) in [6.45, 7) is 0.0566. The number of carbonyl (C=O) groups is 2. The van der Waals surface area contributed by atoms with E-state index in [1.54, 1.807) is 12.1 Å². The summed E-state index contributed by atoms with van der Waals surface area (Å²) in [4.78, 5) is 22.6. The fourth-order valence-corrected chi connectivity index (χ4v) is 2.37. The number of carbonyl (C=O) groups excluding carboxylic acids is 1. The normalized spacial score (nSPS) is 9.67. The number of carboxylic acid groups (broad SMARTS) is 1. The number of thiophene rings is 1. The fraction of sp³-hybridized carbons (Fsp3) is 0.0714. The minimum Gasteiger partial charge on any atom is -0.477 e. The smallest absolute Gasteiger partial charge is 0.412 e. The summed E-state index contributed by atoms with van der Waals surface area (Å²) in [6.07, 6.45) is -0.809. The molecule has 0 saturated heterocycles. The predicted molar refractivity (Wildman–Crippen MR) is 76.2 cm³/mol. The van der Waals surface area contributed by atoms with Crippen LogP contribution in [0.2, 0.25) is 0 Å². The highest BCUT2D eigenvalue weighted by atomic mass is 32.1. The third kappa shape index (κ3) is 3.58. The lowest BCUT2D eigenvalue weighted by Gasteiger charge is -2.07. The molecule has 0 fully saturated rings. The van der Waals surface area contributed by atoms with E-state index in [9.17, 15) is 9.59 Å². The van der Waals surface area contributed by atoms with Gasteiger partial charge in [0, 0.05) is 5.38 Å². The molecular weight excluding hydrogens is 292 g/mol. The van der Waals surface area contributed by atoms with Gasteiger partial charge in [0.2, 0.25) is 0 Å². The molecule has 21 heavy (non-hydrogen) atoms. The van der Waals surface area contributed by atoms with Crippen molar-refractivity contribution in [3.05, 3.63) is 51.7 Å². The van der Waals surface area contributed by atoms with Crippen molar-refractivity contribution in [3.63, 3.8) is 0 Å². The summed E-state index contributed by atoms with van der Waals surface area (Å²) >= 11 is 0.873. The molecule has 0 radical (unpaired) electrons. The van der Waals surface area contributed by atoms with Gasteiger partial charge in [0.05, 0.1) is 11.3 Å². The van der Waals surface area contributed by atoms with Crippen LogP contribution >= 0.6 is 11.3 Å². The lowest BCUT2D eigenvalue weighted by molar-refractivity contribution is 0.0703. The van der Waals surface area contributed by atoms with Gasteiger partial charge in [-0.15, -0.1) is 11.3 Å². The van der Waals surface area contributed by atoms with Gasteiger partial charge in [-0.05, 0) is 5.56 Å². The number of amides is 1. The summed E-state index contributed by atoms with van der Waals surface area (Å²) in [6, 6.07) is 10.9. The number of ether oxygens (including phenoxy) is 1. The maximum atomic E-state index is 11.7. The van der Waals surface area contributed by atoms with E-state index in [0.29, 0.717) is 0 Å². The fourth-order valence-electron chi connectivity index (χ4n) is 1.58. The molecule has 1 amide bonds. The number of nitriles is 1. The Bertz CT molecular complexity index is 704. The molecule has 2 N–H and O–H groups in total. The number of nitrogens with zero attached hydrogens (tertiary/aromatic N) is 1. The largest absolute Gasteiger partial charge is 0.477 e. The first-order valence-electron chi connectivity index (χ1n) is 5.84. The predicted octanol–water partition coefficient (Wildman–Crippen LogP) is 3.07. The monoisotopic (exact) mass is 302 g/mol. The molecule has 0 bridgehead atoms. The Labute approximate surface area is 124 Å². The SMILES string of the molecule is N#Cc1csc(C(=O)O)c1NC(=O)OCc1ccccc1. The lowest BCUT2D eigenvalue weighted by atomic mass is 10.2. The maximum Gasteiger partial charge on any atom is 0.412 e. The van der Waals surface area contributed by atoms with Gasteiger partial charge in [0.15, 0.2) is 0 Å². The van der Waals surface area contributed by atoms with Gasteiger partial charge < -0.3 is 9.84 Å². The van der Waals surface area contributed by atoms with Crippen LogP contribution in [0.25, 0.3) is 0 Å². The summed E-state index contributed by atoms with van der Waals surface area (Å²) in [5.74, 6) is -1.21. The lowest BCUT2D eigenvalue weighted by Crippen LogP contribution is -2.15. The van der Waals surface area contributed by atoms with Crippen molar-refractivity contribution < 1.29 is 19.4 Å². The van der Waals surface area contributed by atoms with Gasteiger partial charge in [-0.1, -0.05) is 30.3 Å². The third-order valence-corrected chi connectivity index (χ3v) is 3.51. The van der Waals surface area contributed by atoms with Crippen LogP contribution in [0.5, 0.6) is 0 Å². The number of rotatable bonds is 4. The van der Waals surface area contributed by atoms with Crippen LogP contribution in [0.4, 0.5) is 10.5 Å². The zero-order chi connectivity index (χ0) is 15.2. The number of benzene rings is 1. The van der Waals surface area contributed by atoms with E-state index in [1.165, 1.54) is 5.38 Å². The van der Waals surface area contributed by atoms with Crippen LogP contribution in [-0.2, 0) is 11.3 Å². The van der Waals surface area contributed by atoms with E-state index in [2.05, 4.69) is 5.32 Å². The van der Waals surface area contributed by atoms with E-state index >= 15 is 0 Å². The van der Waals surface area contributed by atoms with Gasteiger partial charge in [-0.2, -0.15) is 5.26 Å².